The van der Waals surface area contributed by atoms with Gasteiger partial charge in [0.1, 0.15) is 10.6 Å². The first kappa shape index (κ1) is 23.5. The van der Waals surface area contributed by atoms with Crippen LogP contribution >= 0.6 is 0 Å². The maximum absolute atomic E-state index is 13.1. The van der Waals surface area contributed by atoms with E-state index < -0.39 is 10.0 Å². The molecule has 172 valence electrons. The highest BCUT2D eigenvalue weighted by Crippen LogP contribution is 2.33. The van der Waals surface area contributed by atoms with Crippen molar-refractivity contribution in [1.82, 2.24) is 9.21 Å². The van der Waals surface area contributed by atoms with E-state index in [1.54, 1.807) is 37.8 Å². The number of carbonyl (C=O) groups excluding carboxylic acids is 2. The van der Waals surface area contributed by atoms with Gasteiger partial charge in [-0.15, -0.1) is 0 Å². The number of carbonyl (C=O) groups is 2. The number of likely N-dealkylation sites (tertiary alicyclic amines) is 1. The largest absolute Gasteiger partial charge is 0.492 e. The fourth-order valence-corrected chi connectivity index (χ4v) is 5.60. The van der Waals surface area contributed by atoms with Gasteiger partial charge in [0.25, 0.3) is 0 Å². The summed E-state index contributed by atoms with van der Waals surface area (Å²) in [6.45, 7) is 7.50. The van der Waals surface area contributed by atoms with Gasteiger partial charge in [0, 0.05) is 37.8 Å². The Balaban J connectivity index is 1.78. The van der Waals surface area contributed by atoms with Crippen LogP contribution in [-0.4, -0.2) is 62.2 Å². The predicted octanol–water partition coefficient (Wildman–Crippen LogP) is 2.70. The minimum absolute atomic E-state index is 0.0463. The Kier molecular flexibility index (Phi) is 7.59. The van der Waals surface area contributed by atoms with Crippen LogP contribution in [0, 0.1) is 11.8 Å². The summed E-state index contributed by atoms with van der Waals surface area (Å²) >= 11 is 0. The number of amides is 2. The molecule has 1 saturated heterocycles. The SMILES string of the molecule is CCOc1ccc(NC(=O)C2CCCN(C(=O)C3CC3)C2)cc1S(=O)(=O)N(CC)CC. The van der Waals surface area contributed by atoms with Gasteiger partial charge in [-0.1, -0.05) is 13.8 Å². The lowest BCUT2D eigenvalue weighted by Gasteiger charge is -2.32. The van der Waals surface area contributed by atoms with Gasteiger partial charge >= 0.3 is 0 Å². The van der Waals surface area contributed by atoms with Crippen molar-refractivity contribution in [1.29, 1.82) is 0 Å². The summed E-state index contributed by atoms with van der Waals surface area (Å²) in [6.07, 6.45) is 3.40. The summed E-state index contributed by atoms with van der Waals surface area (Å²) < 4.78 is 33.1. The third kappa shape index (κ3) is 5.38. The predicted molar refractivity (Wildman–Crippen MR) is 118 cm³/mol. The van der Waals surface area contributed by atoms with Gasteiger partial charge in [-0.25, -0.2) is 8.42 Å². The summed E-state index contributed by atoms with van der Waals surface area (Å²) in [5, 5.41) is 2.86. The number of rotatable bonds is 9. The summed E-state index contributed by atoms with van der Waals surface area (Å²) in [4.78, 5) is 27.1. The van der Waals surface area contributed by atoms with E-state index in [9.17, 15) is 18.0 Å². The van der Waals surface area contributed by atoms with Crippen LogP contribution in [-0.2, 0) is 19.6 Å². The van der Waals surface area contributed by atoms with E-state index in [2.05, 4.69) is 5.32 Å². The molecule has 2 amide bonds. The van der Waals surface area contributed by atoms with Crippen molar-refractivity contribution in [3.05, 3.63) is 18.2 Å². The molecule has 1 aromatic carbocycles. The first-order valence-electron chi connectivity index (χ1n) is 11.2. The fourth-order valence-electron chi connectivity index (χ4n) is 3.99. The molecule has 9 heteroatoms. The van der Waals surface area contributed by atoms with E-state index >= 15 is 0 Å². The van der Waals surface area contributed by atoms with Gasteiger partial charge in [0.2, 0.25) is 21.8 Å². The molecule has 0 radical (unpaired) electrons. The minimum Gasteiger partial charge on any atom is -0.492 e. The molecule has 0 aromatic heterocycles. The number of ether oxygens (including phenoxy) is 1. The highest BCUT2D eigenvalue weighted by Gasteiger charge is 2.37. The molecule has 2 aliphatic rings. The van der Waals surface area contributed by atoms with Crippen molar-refractivity contribution in [2.24, 2.45) is 11.8 Å². The van der Waals surface area contributed by atoms with E-state index in [0.717, 1.165) is 19.3 Å². The second-order valence-electron chi connectivity index (χ2n) is 8.07. The number of hydrogen-bond acceptors (Lipinski definition) is 5. The molecule has 1 aliphatic heterocycles. The van der Waals surface area contributed by atoms with Crippen molar-refractivity contribution in [3.63, 3.8) is 0 Å². The van der Waals surface area contributed by atoms with Gasteiger partial charge in [-0.05, 0) is 50.8 Å². The molecule has 1 unspecified atom stereocenters. The van der Waals surface area contributed by atoms with Crippen LogP contribution in [0.25, 0.3) is 0 Å². The van der Waals surface area contributed by atoms with Gasteiger partial charge in [0.05, 0.1) is 12.5 Å². The highest BCUT2D eigenvalue weighted by molar-refractivity contribution is 7.89. The zero-order valence-corrected chi connectivity index (χ0v) is 19.4. The first-order chi connectivity index (χ1) is 14.8. The van der Waals surface area contributed by atoms with Crippen molar-refractivity contribution in [2.75, 3.05) is 38.1 Å². The number of benzene rings is 1. The summed E-state index contributed by atoms with van der Waals surface area (Å²) in [6, 6.07) is 4.70. The first-order valence-corrected chi connectivity index (χ1v) is 12.6. The second kappa shape index (κ2) is 9.99. The van der Waals surface area contributed by atoms with Gasteiger partial charge in [0.15, 0.2) is 0 Å². The third-order valence-corrected chi connectivity index (χ3v) is 7.94. The van der Waals surface area contributed by atoms with Crippen LogP contribution < -0.4 is 10.1 Å². The smallest absolute Gasteiger partial charge is 0.246 e. The summed E-state index contributed by atoms with van der Waals surface area (Å²) in [5.41, 5.74) is 0.407. The fraction of sp³-hybridized carbons (Fsp3) is 0.636. The monoisotopic (exact) mass is 451 g/mol. The Morgan fingerprint density at radius 3 is 2.45 bits per heavy atom. The molecule has 1 N–H and O–H groups in total. The molecule has 31 heavy (non-hydrogen) atoms. The average Bonchev–Trinajstić information content (AvgIpc) is 3.60. The van der Waals surface area contributed by atoms with Crippen LogP contribution in [0.5, 0.6) is 5.75 Å². The number of anilines is 1. The molecular weight excluding hydrogens is 418 g/mol. The Labute approximate surface area is 185 Å². The number of sulfonamides is 1. The number of piperidine rings is 1. The van der Waals surface area contributed by atoms with Crippen molar-refractivity contribution < 1.29 is 22.7 Å². The molecule has 1 saturated carbocycles. The van der Waals surface area contributed by atoms with E-state index in [1.807, 2.05) is 0 Å². The van der Waals surface area contributed by atoms with Crippen LogP contribution in [0.3, 0.4) is 0 Å². The van der Waals surface area contributed by atoms with E-state index in [1.165, 1.54) is 10.4 Å². The molecule has 0 spiro atoms. The number of nitrogens with zero attached hydrogens (tertiary/aromatic N) is 2. The van der Waals surface area contributed by atoms with Crippen LogP contribution in [0.15, 0.2) is 23.1 Å². The van der Waals surface area contributed by atoms with E-state index in [0.29, 0.717) is 44.9 Å². The van der Waals surface area contributed by atoms with E-state index in [4.69, 9.17) is 4.74 Å². The molecule has 1 atom stereocenters. The third-order valence-electron chi connectivity index (χ3n) is 5.86. The molecule has 1 heterocycles. The lowest BCUT2D eigenvalue weighted by molar-refractivity contribution is -0.135. The zero-order chi connectivity index (χ0) is 22.6. The normalized spacial score (nSPS) is 19.4. The highest BCUT2D eigenvalue weighted by atomic mass is 32.2. The Morgan fingerprint density at radius 2 is 1.84 bits per heavy atom. The minimum atomic E-state index is -3.76. The Morgan fingerprint density at radius 1 is 1.13 bits per heavy atom. The molecule has 8 nitrogen and oxygen atoms in total. The zero-order valence-electron chi connectivity index (χ0n) is 18.6. The lowest BCUT2D eigenvalue weighted by atomic mass is 9.96. The quantitative estimate of drug-likeness (QED) is 0.623. The van der Waals surface area contributed by atoms with Crippen LogP contribution in [0.1, 0.15) is 46.5 Å². The topological polar surface area (TPSA) is 96.0 Å². The maximum atomic E-state index is 13.1. The average molecular weight is 452 g/mol. The Hall–Kier alpha value is -2.13. The molecule has 1 aromatic rings. The molecule has 2 fully saturated rings. The summed E-state index contributed by atoms with van der Waals surface area (Å²) in [5.74, 6) is 0.0766. The second-order valence-corrected chi connectivity index (χ2v) is 9.98. The van der Waals surface area contributed by atoms with Gasteiger partial charge < -0.3 is 15.0 Å². The Bertz CT molecular complexity index is 910. The standard InChI is InChI=1S/C22H33N3O5S/c1-4-25(5-2)31(28,29)20-14-18(11-12-19(20)30-6-3)23-21(26)17-8-7-13-24(15-17)22(27)16-9-10-16/h11-12,14,16-17H,4-10,13,15H2,1-3H3,(H,23,26). The molecule has 3 rings (SSSR count). The molecule has 0 bridgehead atoms. The lowest BCUT2D eigenvalue weighted by Crippen LogP contribution is -2.44. The number of hydrogen-bond donors (Lipinski definition) is 1. The van der Waals surface area contributed by atoms with E-state index in [-0.39, 0.29) is 34.3 Å². The summed E-state index contributed by atoms with van der Waals surface area (Å²) in [7, 11) is -3.76. The van der Waals surface area contributed by atoms with Crippen molar-refractivity contribution in [3.8, 4) is 5.75 Å². The molecular formula is C22H33N3O5S. The van der Waals surface area contributed by atoms with Crippen molar-refractivity contribution in [2.45, 2.75) is 51.3 Å². The maximum Gasteiger partial charge on any atom is 0.246 e. The molecule has 1 aliphatic carbocycles. The van der Waals surface area contributed by atoms with Gasteiger partial charge in [-0.3, -0.25) is 9.59 Å². The van der Waals surface area contributed by atoms with Crippen LogP contribution in [0.2, 0.25) is 0 Å². The number of nitrogens with one attached hydrogen (secondary N) is 1. The van der Waals surface area contributed by atoms with Crippen LogP contribution in [0.4, 0.5) is 5.69 Å². The van der Waals surface area contributed by atoms with Crippen molar-refractivity contribution >= 4 is 27.5 Å². The van der Waals surface area contributed by atoms with Gasteiger partial charge in [-0.2, -0.15) is 4.31 Å².